The zero-order chi connectivity index (χ0) is 36.2. The number of piperidine rings is 1. The molecule has 0 bridgehead atoms. The predicted molar refractivity (Wildman–Crippen MR) is 196 cm³/mol. The molecule has 1 aliphatic carbocycles. The molecule has 3 aliphatic heterocycles. The maximum atomic E-state index is 14.6. The van der Waals surface area contributed by atoms with Gasteiger partial charge in [-0.25, -0.2) is 9.78 Å². The number of ether oxygens (including phenoxy) is 2. The molecule has 2 saturated heterocycles. The molecule has 0 spiro atoms. The summed E-state index contributed by atoms with van der Waals surface area (Å²) in [5.41, 5.74) is 0.866. The van der Waals surface area contributed by atoms with E-state index < -0.39 is 35.5 Å². The maximum absolute atomic E-state index is 14.6. The van der Waals surface area contributed by atoms with Gasteiger partial charge in [0.2, 0.25) is 17.7 Å². The van der Waals surface area contributed by atoms with Crippen molar-refractivity contribution in [3.63, 3.8) is 0 Å². The molecule has 52 heavy (non-hydrogen) atoms. The number of hydrogen-bond acceptors (Lipinski definition) is 7. The number of carbonyl (C=O) groups is 4. The zero-order valence-electron chi connectivity index (χ0n) is 29.8. The monoisotopic (exact) mass is 708 g/mol. The number of carbonyl (C=O) groups excluding carboxylic acids is 3. The first-order valence-electron chi connectivity index (χ1n) is 18.8. The highest BCUT2D eigenvalue weighted by atomic mass is 16.5. The fraction of sp³-hybridized carbons (Fsp3) is 0.488. The maximum Gasteiger partial charge on any atom is 0.330 e. The number of aliphatic carboxylic acids is 1. The van der Waals surface area contributed by atoms with Gasteiger partial charge in [0.25, 0.3) is 0 Å². The fourth-order valence-corrected chi connectivity index (χ4v) is 8.10. The molecule has 11 heteroatoms. The van der Waals surface area contributed by atoms with E-state index in [1.807, 2.05) is 71.6 Å². The van der Waals surface area contributed by atoms with Gasteiger partial charge in [-0.2, -0.15) is 0 Å². The largest absolute Gasteiger partial charge is 0.497 e. The molecule has 2 aromatic carbocycles. The highest BCUT2D eigenvalue weighted by molar-refractivity contribution is 5.96. The number of rotatable bonds is 7. The van der Waals surface area contributed by atoms with Crippen molar-refractivity contribution in [3.05, 3.63) is 66.7 Å². The van der Waals surface area contributed by atoms with Crippen molar-refractivity contribution in [3.8, 4) is 22.8 Å². The van der Waals surface area contributed by atoms with Crippen molar-refractivity contribution in [2.45, 2.75) is 88.3 Å². The van der Waals surface area contributed by atoms with Crippen LogP contribution in [0.1, 0.15) is 70.6 Å². The smallest absolute Gasteiger partial charge is 0.330 e. The molecule has 0 radical (unpaired) electrons. The lowest BCUT2D eigenvalue weighted by Gasteiger charge is -2.31. The van der Waals surface area contributed by atoms with Crippen LogP contribution in [0.5, 0.6) is 11.5 Å². The highest BCUT2D eigenvalue weighted by Gasteiger charge is 2.61. The molecular weight excluding hydrogens is 660 g/mol. The first-order valence-corrected chi connectivity index (χ1v) is 18.8. The van der Waals surface area contributed by atoms with Crippen molar-refractivity contribution in [1.29, 1.82) is 0 Å². The van der Waals surface area contributed by atoms with E-state index in [1.165, 1.54) is 0 Å². The quantitative estimate of drug-likeness (QED) is 0.296. The van der Waals surface area contributed by atoms with Crippen molar-refractivity contribution >= 4 is 34.6 Å². The lowest BCUT2D eigenvalue weighted by molar-refractivity contribution is -0.147. The van der Waals surface area contributed by atoms with E-state index in [4.69, 9.17) is 14.5 Å². The summed E-state index contributed by atoms with van der Waals surface area (Å²) >= 11 is 0. The summed E-state index contributed by atoms with van der Waals surface area (Å²) in [6, 6.07) is 16.2. The van der Waals surface area contributed by atoms with E-state index in [-0.39, 0.29) is 37.1 Å². The second-order valence-electron chi connectivity index (χ2n) is 14.7. The summed E-state index contributed by atoms with van der Waals surface area (Å²) in [7, 11) is 1.60. The summed E-state index contributed by atoms with van der Waals surface area (Å²) in [4.78, 5) is 63.2. The Kier molecular flexibility index (Phi) is 10.5. The van der Waals surface area contributed by atoms with Crippen LogP contribution in [-0.4, -0.2) is 88.0 Å². The zero-order valence-corrected chi connectivity index (χ0v) is 29.8. The summed E-state index contributed by atoms with van der Waals surface area (Å²) in [6.45, 7) is 1.52. The third-order valence-corrected chi connectivity index (χ3v) is 11.2. The van der Waals surface area contributed by atoms with E-state index in [9.17, 15) is 24.3 Å². The summed E-state index contributed by atoms with van der Waals surface area (Å²) < 4.78 is 12.2. The van der Waals surface area contributed by atoms with E-state index in [2.05, 4.69) is 5.32 Å². The molecule has 3 fully saturated rings. The average molecular weight is 709 g/mol. The van der Waals surface area contributed by atoms with E-state index in [0.29, 0.717) is 48.6 Å². The van der Waals surface area contributed by atoms with Gasteiger partial charge in [-0.05, 0) is 57.1 Å². The lowest BCUT2D eigenvalue weighted by atomic mass is 9.94. The number of nitrogens with zero attached hydrogens (tertiary/aromatic N) is 3. The molecule has 1 saturated carbocycles. The van der Waals surface area contributed by atoms with Gasteiger partial charge < -0.3 is 29.7 Å². The molecular formula is C41H48N4O7. The normalized spacial score (nSPS) is 26.8. The molecule has 1 aromatic heterocycles. The molecule has 2 unspecified atom stereocenters. The van der Waals surface area contributed by atoms with Crippen LogP contribution in [0, 0.1) is 11.8 Å². The number of allylic oxidation sites excluding steroid dienone is 1. The number of likely N-dealkylation sites (tertiary alicyclic amines) is 1. The number of carboxylic acid groups (broad SMARTS) is 1. The minimum atomic E-state index is -1.41. The van der Waals surface area contributed by atoms with Crippen LogP contribution >= 0.6 is 0 Å². The van der Waals surface area contributed by atoms with E-state index >= 15 is 0 Å². The molecule has 3 aromatic rings. The first kappa shape index (κ1) is 35.5. The van der Waals surface area contributed by atoms with Crippen LogP contribution < -0.4 is 14.8 Å². The first-order chi connectivity index (χ1) is 25.3. The van der Waals surface area contributed by atoms with Crippen LogP contribution in [0.2, 0.25) is 0 Å². The van der Waals surface area contributed by atoms with Crippen LogP contribution in [0.25, 0.3) is 22.2 Å². The Morgan fingerprint density at radius 2 is 1.79 bits per heavy atom. The van der Waals surface area contributed by atoms with Crippen LogP contribution in [0.15, 0.2) is 66.7 Å². The van der Waals surface area contributed by atoms with Gasteiger partial charge >= 0.3 is 5.97 Å². The Hall–Kier alpha value is -4.93. The molecule has 274 valence electrons. The Morgan fingerprint density at radius 3 is 2.56 bits per heavy atom. The lowest BCUT2D eigenvalue weighted by Crippen LogP contribution is -2.54. The number of fused-ring (bicyclic) bond motifs is 3. The molecule has 2 N–H and O–H groups in total. The molecule has 5 atom stereocenters. The van der Waals surface area contributed by atoms with Crippen LogP contribution in [-0.2, 0) is 19.2 Å². The molecule has 11 nitrogen and oxygen atoms in total. The Labute approximate surface area is 304 Å². The van der Waals surface area contributed by atoms with Gasteiger partial charge in [0.15, 0.2) is 0 Å². The summed E-state index contributed by atoms with van der Waals surface area (Å²) in [5, 5.41) is 13.9. The third kappa shape index (κ3) is 7.49. The van der Waals surface area contributed by atoms with E-state index in [0.717, 1.165) is 55.9 Å². The summed E-state index contributed by atoms with van der Waals surface area (Å²) in [5.74, 6) is -1.58. The van der Waals surface area contributed by atoms with Crippen LogP contribution in [0.4, 0.5) is 0 Å². The number of methoxy groups -OCH3 is 1. The number of nitrogens with one attached hydrogen (secondary N) is 1. The minimum Gasteiger partial charge on any atom is -0.497 e. The van der Waals surface area contributed by atoms with Crippen molar-refractivity contribution < 1.29 is 33.8 Å². The van der Waals surface area contributed by atoms with Crippen LogP contribution in [0.3, 0.4) is 0 Å². The average Bonchev–Trinajstić information content (AvgIpc) is 3.70. The molecule has 3 amide bonds. The SMILES string of the molecule is COc1ccc2c(O[C@@H]3C[C@H]4C(=O)NC5(C(=O)O)CC5C=CCCCCC[C@@H](CC(=O)N5CCCCC5)C(=O)N4C3)cc(-c3ccccc3)nc2c1. The van der Waals surface area contributed by atoms with Gasteiger partial charge in [-0.3, -0.25) is 14.4 Å². The molecule has 4 heterocycles. The molecule has 7 rings (SSSR count). The molecule has 4 aliphatic rings. The Bertz CT molecular complexity index is 1840. The number of benzene rings is 2. The minimum absolute atomic E-state index is 0.0234. The second-order valence-corrected chi connectivity index (χ2v) is 14.7. The number of amides is 3. The predicted octanol–water partition coefficient (Wildman–Crippen LogP) is 5.76. The topological polar surface area (TPSA) is 138 Å². The Balaban J connectivity index is 1.21. The van der Waals surface area contributed by atoms with Crippen molar-refractivity contribution in [2.24, 2.45) is 11.8 Å². The van der Waals surface area contributed by atoms with Gasteiger partial charge in [-0.15, -0.1) is 0 Å². The number of carboxylic acids is 1. The van der Waals surface area contributed by atoms with Gasteiger partial charge in [0, 0.05) is 60.8 Å². The Morgan fingerprint density at radius 1 is 1.00 bits per heavy atom. The number of pyridine rings is 1. The standard InChI is InChI=1S/C41H48N4O7/c1-51-30-17-18-32-34(22-30)42-33(27-13-8-5-9-14-27)24-36(32)52-31-23-35-38(47)43-41(40(49)50)25-29(41)16-10-4-2-3-7-15-28(39(48)45(35)26-31)21-37(46)44-19-11-6-12-20-44/h5,8-10,13-14,16-18,22,24,28-29,31,35H,2-4,6-7,11-12,15,19-21,23,25-26H2,1H3,(H,43,47)(H,49,50)/t28-,29?,31+,35-,41?/m0/s1. The number of hydrogen-bond donors (Lipinski definition) is 2. The van der Waals surface area contributed by atoms with E-state index in [1.54, 1.807) is 12.0 Å². The third-order valence-electron chi connectivity index (χ3n) is 11.2. The summed E-state index contributed by atoms with van der Waals surface area (Å²) in [6.07, 6.45) is 10.8. The van der Waals surface area contributed by atoms with Gasteiger partial charge in [-0.1, -0.05) is 55.3 Å². The highest BCUT2D eigenvalue weighted by Crippen LogP contribution is 2.45. The van der Waals surface area contributed by atoms with Gasteiger partial charge in [0.05, 0.1) is 24.9 Å². The van der Waals surface area contributed by atoms with Gasteiger partial charge in [0.1, 0.15) is 29.2 Å². The second kappa shape index (κ2) is 15.4. The van der Waals surface area contributed by atoms with Crippen molar-refractivity contribution in [1.82, 2.24) is 20.1 Å². The number of aromatic nitrogens is 1. The fourth-order valence-electron chi connectivity index (χ4n) is 8.10. The van der Waals surface area contributed by atoms with Crippen molar-refractivity contribution in [2.75, 3.05) is 26.7 Å².